The maximum absolute atomic E-state index is 12.6. The topological polar surface area (TPSA) is 58.4 Å². The van der Waals surface area contributed by atoms with Crippen molar-refractivity contribution in [1.29, 1.82) is 0 Å². The van der Waals surface area contributed by atoms with Crippen LogP contribution in [-0.2, 0) is 16.6 Å². The van der Waals surface area contributed by atoms with E-state index in [0.717, 1.165) is 30.9 Å². The third-order valence-corrected chi connectivity index (χ3v) is 7.76. The van der Waals surface area contributed by atoms with Crippen LogP contribution in [0.5, 0.6) is 0 Å². The zero-order valence-corrected chi connectivity index (χ0v) is 15.9. The molecule has 0 aliphatic carbocycles. The van der Waals surface area contributed by atoms with Crippen LogP contribution in [0.3, 0.4) is 0 Å². The van der Waals surface area contributed by atoms with Gasteiger partial charge in [-0.25, -0.2) is 13.1 Å². The normalized spacial score (nSPS) is 16.8. The highest BCUT2D eigenvalue weighted by Gasteiger charge is 2.29. The van der Waals surface area contributed by atoms with Crippen LogP contribution >= 0.6 is 11.3 Å². The summed E-state index contributed by atoms with van der Waals surface area (Å²) in [6, 6.07) is 13.4. The molecule has 1 saturated heterocycles. The van der Waals surface area contributed by atoms with Crippen molar-refractivity contribution in [1.82, 2.24) is 19.0 Å². The van der Waals surface area contributed by atoms with Gasteiger partial charge in [0, 0.05) is 44.5 Å². The van der Waals surface area contributed by atoms with Gasteiger partial charge in [-0.15, -0.1) is 11.3 Å². The minimum Gasteiger partial charge on any atom is -0.296 e. The van der Waals surface area contributed by atoms with Crippen molar-refractivity contribution < 1.29 is 8.42 Å². The molecular formula is C18H20N4O2S2. The second kappa shape index (κ2) is 7.32. The fourth-order valence-electron chi connectivity index (χ4n) is 3.09. The number of sulfonamides is 1. The molecule has 0 N–H and O–H groups in total. The Kier molecular flexibility index (Phi) is 4.90. The van der Waals surface area contributed by atoms with Crippen molar-refractivity contribution in [2.24, 2.45) is 0 Å². The molecule has 1 aliphatic heterocycles. The second-order valence-electron chi connectivity index (χ2n) is 6.24. The summed E-state index contributed by atoms with van der Waals surface area (Å²) >= 11 is 1.27. The molecule has 0 amide bonds. The van der Waals surface area contributed by atoms with Crippen LogP contribution in [0.4, 0.5) is 0 Å². The molecule has 26 heavy (non-hydrogen) atoms. The Hall–Kier alpha value is -2.00. The highest BCUT2D eigenvalue weighted by atomic mass is 32.2. The van der Waals surface area contributed by atoms with Crippen LogP contribution in [0.1, 0.15) is 5.56 Å². The van der Waals surface area contributed by atoms with Crippen molar-refractivity contribution in [2.75, 3.05) is 26.2 Å². The first-order valence-electron chi connectivity index (χ1n) is 8.48. The summed E-state index contributed by atoms with van der Waals surface area (Å²) in [6.45, 7) is 3.27. The molecule has 0 saturated carbocycles. The van der Waals surface area contributed by atoms with Crippen LogP contribution in [0.2, 0.25) is 0 Å². The smallest absolute Gasteiger partial charge is 0.252 e. The number of hydrogen-bond donors (Lipinski definition) is 0. The molecule has 0 unspecified atom stereocenters. The van der Waals surface area contributed by atoms with Gasteiger partial charge >= 0.3 is 0 Å². The fourth-order valence-corrected chi connectivity index (χ4v) is 5.65. The molecule has 3 aromatic rings. The highest BCUT2D eigenvalue weighted by molar-refractivity contribution is 7.91. The Balaban J connectivity index is 1.37. The summed E-state index contributed by atoms with van der Waals surface area (Å²) in [5.41, 5.74) is 2.16. The maximum atomic E-state index is 12.6. The molecule has 8 heteroatoms. The standard InChI is InChI=1S/C18H20N4O2S2/c23-26(24,18-7-4-12-25-18)21-10-8-20(9-11-21)14-16-13-19-22(15-16)17-5-2-1-3-6-17/h1-7,12-13,15H,8-11,14H2. The molecule has 1 aliphatic rings. The lowest BCUT2D eigenvalue weighted by atomic mass is 10.3. The van der Waals surface area contributed by atoms with Crippen molar-refractivity contribution in [3.63, 3.8) is 0 Å². The van der Waals surface area contributed by atoms with E-state index in [-0.39, 0.29) is 0 Å². The minimum atomic E-state index is -3.34. The van der Waals surface area contributed by atoms with Gasteiger partial charge in [-0.1, -0.05) is 24.3 Å². The van der Waals surface area contributed by atoms with Gasteiger partial charge in [0.2, 0.25) is 0 Å². The molecule has 2 aromatic heterocycles. The third kappa shape index (κ3) is 3.59. The van der Waals surface area contributed by atoms with E-state index in [1.807, 2.05) is 47.4 Å². The average molecular weight is 389 g/mol. The lowest BCUT2D eigenvalue weighted by molar-refractivity contribution is 0.182. The number of nitrogens with zero attached hydrogens (tertiary/aromatic N) is 4. The number of aromatic nitrogens is 2. The summed E-state index contributed by atoms with van der Waals surface area (Å²) in [7, 11) is -3.34. The Morgan fingerprint density at radius 3 is 2.46 bits per heavy atom. The number of hydrogen-bond acceptors (Lipinski definition) is 5. The first-order chi connectivity index (χ1) is 12.6. The van der Waals surface area contributed by atoms with Crippen LogP contribution in [0.25, 0.3) is 5.69 Å². The third-order valence-electron chi connectivity index (χ3n) is 4.48. The highest BCUT2D eigenvalue weighted by Crippen LogP contribution is 2.22. The number of rotatable bonds is 5. The zero-order valence-electron chi connectivity index (χ0n) is 14.2. The van der Waals surface area contributed by atoms with Gasteiger partial charge < -0.3 is 0 Å². The van der Waals surface area contributed by atoms with E-state index in [2.05, 4.69) is 10.00 Å². The molecule has 0 bridgehead atoms. The molecule has 0 radical (unpaired) electrons. The van der Waals surface area contributed by atoms with Crippen molar-refractivity contribution in [3.05, 3.63) is 65.8 Å². The Labute approximate surface area is 157 Å². The largest absolute Gasteiger partial charge is 0.296 e. The van der Waals surface area contributed by atoms with Gasteiger partial charge in [-0.05, 0) is 23.6 Å². The molecule has 6 nitrogen and oxygen atoms in total. The predicted molar refractivity (Wildman–Crippen MR) is 102 cm³/mol. The van der Waals surface area contributed by atoms with Crippen molar-refractivity contribution >= 4 is 21.4 Å². The first kappa shape index (κ1) is 17.4. The van der Waals surface area contributed by atoms with E-state index in [9.17, 15) is 8.42 Å². The molecule has 0 spiro atoms. The molecule has 3 heterocycles. The van der Waals surface area contributed by atoms with Crippen LogP contribution in [0, 0.1) is 0 Å². The van der Waals surface area contributed by atoms with E-state index in [1.54, 1.807) is 21.8 Å². The number of benzene rings is 1. The molecular weight excluding hydrogens is 368 g/mol. The van der Waals surface area contributed by atoms with Gasteiger partial charge in [0.25, 0.3) is 10.0 Å². The van der Waals surface area contributed by atoms with Crippen LogP contribution in [-0.4, -0.2) is 53.6 Å². The fraction of sp³-hybridized carbons (Fsp3) is 0.278. The van der Waals surface area contributed by atoms with Crippen molar-refractivity contribution in [2.45, 2.75) is 10.8 Å². The lowest BCUT2D eigenvalue weighted by Crippen LogP contribution is -2.47. The Morgan fingerprint density at radius 2 is 1.77 bits per heavy atom. The van der Waals surface area contributed by atoms with Crippen LogP contribution < -0.4 is 0 Å². The summed E-state index contributed by atoms with van der Waals surface area (Å²) < 4.78 is 29.0. The Morgan fingerprint density at radius 1 is 1.00 bits per heavy atom. The second-order valence-corrected chi connectivity index (χ2v) is 9.35. The monoisotopic (exact) mass is 388 g/mol. The van der Waals surface area contributed by atoms with E-state index >= 15 is 0 Å². The first-order valence-corrected chi connectivity index (χ1v) is 10.8. The quantitative estimate of drug-likeness (QED) is 0.674. The number of piperazine rings is 1. The Bertz CT molecular complexity index is 944. The average Bonchev–Trinajstić information content (AvgIpc) is 3.35. The van der Waals surface area contributed by atoms with E-state index in [1.165, 1.54) is 11.3 Å². The van der Waals surface area contributed by atoms with Gasteiger partial charge in [0.1, 0.15) is 4.21 Å². The summed E-state index contributed by atoms with van der Waals surface area (Å²) in [4.78, 5) is 2.27. The summed E-state index contributed by atoms with van der Waals surface area (Å²) in [6.07, 6.45) is 3.91. The minimum absolute atomic E-state index is 0.426. The van der Waals surface area contributed by atoms with Crippen LogP contribution in [0.15, 0.2) is 64.4 Å². The molecule has 4 rings (SSSR count). The lowest BCUT2D eigenvalue weighted by Gasteiger charge is -2.33. The number of thiophene rings is 1. The molecule has 136 valence electrons. The SMILES string of the molecule is O=S(=O)(c1cccs1)N1CCN(Cc2cnn(-c3ccccc3)c2)CC1. The van der Waals surface area contributed by atoms with Crippen molar-refractivity contribution in [3.8, 4) is 5.69 Å². The predicted octanol–water partition coefficient (Wildman–Crippen LogP) is 2.44. The maximum Gasteiger partial charge on any atom is 0.252 e. The van der Waals surface area contributed by atoms with Gasteiger partial charge in [0.05, 0.1) is 11.9 Å². The van der Waals surface area contributed by atoms with E-state index in [4.69, 9.17) is 0 Å². The van der Waals surface area contributed by atoms with E-state index in [0.29, 0.717) is 17.3 Å². The summed E-state index contributed by atoms with van der Waals surface area (Å²) in [5.74, 6) is 0. The van der Waals surface area contributed by atoms with Gasteiger partial charge in [0.15, 0.2) is 0 Å². The van der Waals surface area contributed by atoms with Gasteiger partial charge in [-0.2, -0.15) is 9.40 Å². The van der Waals surface area contributed by atoms with E-state index < -0.39 is 10.0 Å². The molecule has 0 atom stereocenters. The molecule has 1 aromatic carbocycles. The van der Waals surface area contributed by atoms with Gasteiger partial charge in [-0.3, -0.25) is 4.90 Å². The zero-order chi connectivity index (χ0) is 18.0. The molecule has 1 fully saturated rings. The number of para-hydroxylation sites is 1. The summed E-state index contributed by atoms with van der Waals surface area (Å²) in [5, 5.41) is 6.22.